The standard InChI is InChI=1S/C17H25N3O/c1-13-4-2-9-19-16(13)10-17(21)20(15-6-7-15)12-14-5-3-8-18-11-14/h2,4,9,14-15,18H,3,5-8,10-12H2,1H3. The molecule has 114 valence electrons. The second kappa shape index (κ2) is 6.56. The summed E-state index contributed by atoms with van der Waals surface area (Å²) in [7, 11) is 0. The molecule has 1 unspecified atom stereocenters. The fourth-order valence-corrected chi connectivity index (χ4v) is 3.15. The number of piperidine rings is 1. The van der Waals surface area contributed by atoms with Crippen LogP contribution in [0.5, 0.6) is 0 Å². The first-order valence-electron chi connectivity index (χ1n) is 8.14. The lowest BCUT2D eigenvalue weighted by molar-refractivity contribution is -0.131. The van der Waals surface area contributed by atoms with Crippen molar-refractivity contribution in [3.8, 4) is 0 Å². The summed E-state index contributed by atoms with van der Waals surface area (Å²) in [6.45, 7) is 5.13. The predicted octanol–water partition coefficient (Wildman–Crippen LogP) is 1.92. The van der Waals surface area contributed by atoms with Crippen molar-refractivity contribution in [1.82, 2.24) is 15.2 Å². The van der Waals surface area contributed by atoms with Gasteiger partial charge in [0.15, 0.2) is 0 Å². The van der Waals surface area contributed by atoms with Gasteiger partial charge in [-0.2, -0.15) is 0 Å². The van der Waals surface area contributed by atoms with E-state index in [0.29, 0.717) is 18.4 Å². The van der Waals surface area contributed by atoms with E-state index < -0.39 is 0 Å². The van der Waals surface area contributed by atoms with Crippen LogP contribution in [0.1, 0.15) is 36.9 Å². The molecule has 0 radical (unpaired) electrons. The summed E-state index contributed by atoms with van der Waals surface area (Å²) in [4.78, 5) is 19.2. The molecule has 1 aliphatic heterocycles. The Labute approximate surface area is 126 Å². The molecule has 1 N–H and O–H groups in total. The number of hydrogen-bond acceptors (Lipinski definition) is 3. The summed E-state index contributed by atoms with van der Waals surface area (Å²) >= 11 is 0. The maximum absolute atomic E-state index is 12.7. The van der Waals surface area contributed by atoms with Crippen LogP contribution in [0.2, 0.25) is 0 Å². The van der Waals surface area contributed by atoms with Crippen LogP contribution in [0.3, 0.4) is 0 Å². The topological polar surface area (TPSA) is 45.2 Å². The Morgan fingerprint density at radius 2 is 2.29 bits per heavy atom. The minimum atomic E-state index is 0.255. The third-order valence-electron chi connectivity index (χ3n) is 4.60. The van der Waals surface area contributed by atoms with Gasteiger partial charge < -0.3 is 10.2 Å². The van der Waals surface area contributed by atoms with Crippen LogP contribution < -0.4 is 5.32 Å². The SMILES string of the molecule is Cc1cccnc1CC(=O)N(CC1CCCNC1)C1CC1. The number of rotatable bonds is 5. The van der Waals surface area contributed by atoms with Gasteiger partial charge in [-0.3, -0.25) is 9.78 Å². The van der Waals surface area contributed by atoms with E-state index >= 15 is 0 Å². The quantitative estimate of drug-likeness (QED) is 0.900. The van der Waals surface area contributed by atoms with Gasteiger partial charge in [0.05, 0.1) is 12.1 Å². The second-order valence-electron chi connectivity index (χ2n) is 6.43. The Bertz CT molecular complexity index is 493. The number of hydrogen-bond donors (Lipinski definition) is 1. The average Bonchev–Trinajstić information content (AvgIpc) is 3.33. The molecule has 1 saturated carbocycles. The van der Waals surface area contributed by atoms with Crippen molar-refractivity contribution in [2.45, 2.75) is 45.1 Å². The summed E-state index contributed by atoms with van der Waals surface area (Å²) in [6.07, 6.45) is 7.05. The minimum absolute atomic E-state index is 0.255. The molecule has 21 heavy (non-hydrogen) atoms. The molecule has 0 spiro atoms. The van der Waals surface area contributed by atoms with Gasteiger partial charge in [-0.15, -0.1) is 0 Å². The molecule has 1 atom stereocenters. The molecule has 0 aromatic carbocycles. The third kappa shape index (κ3) is 3.82. The van der Waals surface area contributed by atoms with Gasteiger partial charge in [-0.25, -0.2) is 0 Å². The highest BCUT2D eigenvalue weighted by Gasteiger charge is 2.34. The van der Waals surface area contributed by atoms with E-state index in [9.17, 15) is 4.79 Å². The van der Waals surface area contributed by atoms with Crippen molar-refractivity contribution in [3.05, 3.63) is 29.6 Å². The number of nitrogens with zero attached hydrogens (tertiary/aromatic N) is 2. The molecule has 3 rings (SSSR count). The lowest BCUT2D eigenvalue weighted by atomic mass is 9.98. The van der Waals surface area contributed by atoms with E-state index in [2.05, 4.69) is 15.2 Å². The number of nitrogens with one attached hydrogen (secondary N) is 1. The van der Waals surface area contributed by atoms with Crippen molar-refractivity contribution >= 4 is 5.91 Å². The number of carbonyl (C=O) groups excluding carboxylic acids is 1. The highest BCUT2D eigenvalue weighted by molar-refractivity contribution is 5.79. The van der Waals surface area contributed by atoms with Crippen molar-refractivity contribution in [2.75, 3.05) is 19.6 Å². The fraction of sp³-hybridized carbons (Fsp3) is 0.647. The Morgan fingerprint density at radius 1 is 1.43 bits per heavy atom. The van der Waals surface area contributed by atoms with Crippen molar-refractivity contribution in [2.24, 2.45) is 5.92 Å². The minimum Gasteiger partial charge on any atom is -0.339 e. The maximum atomic E-state index is 12.7. The van der Waals surface area contributed by atoms with Crippen LogP contribution in [-0.2, 0) is 11.2 Å². The van der Waals surface area contributed by atoms with Crippen LogP contribution in [0.4, 0.5) is 0 Å². The average molecular weight is 287 g/mol. The van der Waals surface area contributed by atoms with E-state index in [4.69, 9.17) is 0 Å². The summed E-state index contributed by atoms with van der Waals surface area (Å²) in [6, 6.07) is 4.45. The number of amides is 1. The Kier molecular flexibility index (Phi) is 4.54. The van der Waals surface area contributed by atoms with Gasteiger partial charge in [0.25, 0.3) is 0 Å². The predicted molar refractivity (Wildman–Crippen MR) is 83.0 cm³/mol. The van der Waals surface area contributed by atoms with E-state index in [0.717, 1.165) is 30.9 Å². The molecule has 1 aliphatic carbocycles. The van der Waals surface area contributed by atoms with Gasteiger partial charge >= 0.3 is 0 Å². The highest BCUT2D eigenvalue weighted by atomic mass is 16.2. The van der Waals surface area contributed by atoms with E-state index in [-0.39, 0.29) is 5.91 Å². The van der Waals surface area contributed by atoms with Crippen LogP contribution in [0, 0.1) is 12.8 Å². The number of aromatic nitrogens is 1. The molecule has 1 amide bonds. The molecule has 2 fully saturated rings. The molecule has 2 aliphatic rings. The largest absolute Gasteiger partial charge is 0.339 e. The summed E-state index contributed by atoms with van der Waals surface area (Å²) in [5, 5.41) is 3.45. The smallest absolute Gasteiger partial charge is 0.228 e. The monoisotopic (exact) mass is 287 g/mol. The first kappa shape index (κ1) is 14.5. The highest BCUT2D eigenvalue weighted by Crippen LogP contribution is 2.29. The van der Waals surface area contributed by atoms with Gasteiger partial charge in [-0.05, 0) is 63.2 Å². The number of pyridine rings is 1. The number of aryl methyl sites for hydroxylation is 1. The molecule has 1 aromatic heterocycles. The summed E-state index contributed by atoms with van der Waals surface area (Å²) in [5.74, 6) is 0.873. The summed E-state index contributed by atoms with van der Waals surface area (Å²) < 4.78 is 0. The maximum Gasteiger partial charge on any atom is 0.228 e. The zero-order valence-corrected chi connectivity index (χ0v) is 12.8. The van der Waals surface area contributed by atoms with Gasteiger partial charge in [-0.1, -0.05) is 6.07 Å². The Balaban J connectivity index is 1.63. The zero-order chi connectivity index (χ0) is 14.7. The Hall–Kier alpha value is -1.42. The fourth-order valence-electron chi connectivity index (χ4n) is 3.15. The van der Waals surface area contributed by atoms with E-state index in [1.54, 1.807) is 6.20 Å². The van der Waals surface area contributed by atoms with Gasteiger partial charge in [0.2, 0.25) is 5.91 Å². The normalized spacial score (nSPS) is 22.0. The van der Waals surface area contributed by atoms with Crippen LogP contribution in [0.15, 0.2) is 18.3 Å². The lowest BCUT2D eigenvalue weighted by Gasteiger charge is -2.30. The van der Waals surface area contributed by atoms with Crippen LogP contribution >= 0.6 is 0 Å². The van der Waals surface area contributed by atoms with Crippen LogP contribution in [-0.4, -0.2) is 41.5 Å². The van der Waals surface area contributed by atoms with Crippen molar-refractivity contribution in [1.29, 1.82) is 0 Å². The molecule has 1 aromatic rings. The molecule has 0 bridgehead atoms. The molecule has 4 nitrogen and oxygen atoms in total. The van der Waals surface area contributed by atoms with Crippen molar-refractivity contribution < 1.29 is 4.79 Å². The molecular weight excluding hydrogens is 262 g/mol. The van der Waals surface area contributed by atoms with Gasteiger partial charge in [0, 0.05) is 18.8 Å². The zero-order valence-electron chi connectivity index (χ0n) is 12.8. The number of carbonyl (C=O) groups is 1. The second-order valence-corrected chi connectivity index (χ2v) is 6.43. The molecule has 4 heteroatoms. The molecule has 2 heterocycles. The first-order chi connectivity index (χ1) is 10.2. The Morgan fingerprint density at radius 3 is 2.95 bits per heavy atom. The summed E-state index contributed by atoms with van der Waals surface area (Å²) in [5.41, 5.74) is 2.04. The molecular formula is C17H25N3O. The lowest BCUT2D eigenvalue weighted by Crippen LogP contribution is -2.42. The van der Waals surface area contributed by atoms with E-state index in [1.807, 2.05) is 19.1 Å². The third-order valence-corrected chi connectivity index (χ3v) is 4.60. The van der Waals surface area contributed by atoms with Crippen LogP contribution in [0.25, 0.3) is 0 Å². The molecule has 1 saturated heterocycles. The van der Waals surface area contributed by atoms with Crippen molar-refractivity contribution in [3.63, 3.8) is 0 Å². The van der Waals surface area contributed by atoms with Gasteiger partial charge in [0.1, 0.15) is 0 Å². The van der Waals surface area contributed by atoms with E-state index in [1.165, 1.54) is 25.7 Å². The first-order valence-corrected chi connectivity index (χ1v) is 8.14.